The Kier molecular flexibility index (Phi) is 3.97. The van der Waals surface area contributed by atoms with Crippen molar-refractivity contribution < 1.29 is 5.11 Å². The van der Waals surface area contributed by atoms with Crippen molar-refractivity contribution in [2.45, 2.75) is 38.2 Å². The Hall–Kier alpha value is -1.00. The van der Waals surface area contributed by atoms with Crippen LogP contribution in [-0.2, 0) is 0 Å². The Morgan fingerprint density at radius 3 is 3.06 bits per heavy atom. The van der Waals surface area contributed by atoms with Gasteiger partial charge in [-0.2, -0.15) is 0 Å². The summed E-state index contributed by atoms with van der Waals surface area (Å²) in [4.78, 5) is 4.13. The molecule has 1 aliphatic rings. The van der Waals surface area contributed by atoms with E-state index in [0.29, 0.717) is 29.1 Å². The van der Waals surface area contributed by atoms with E-state index >= 15 is 0 Å². The molecule has 0 aromatic carbocycles. The molecule has 0 saturated heterocycles. The highest BCUT2D eigenvalue weighted by atomic mass is 35.5. The van der Waals surface area contributed by atoms with E-state index < -0.39 is 5.60 Å². The normalized spacial score (nSPS) is 28.1. The molecule has 0 bridgehead atoms. The molecule has 1 saturated carbocycles. The minimum atomic E-state index is -0.642. The standard InChI is InChI=1S/C13H20ClN3O/c1-9-3-2-4-13(18,7-9)8-16-12-6-10(15)5-11(14)17-12/h5-6,9,18H,2-4,7-8H2,1H3,(H3,15,16,17). The number of anilines is 2. The van der Waals surface area contributed by atoms with Crippen LogP contribution in [-0.4, -0.2) is 22.2 Å². The lowest BCUT2D eigenvalue weighted by Gasteiger charge is -2.35. The predicted molar refractivity (Wildman–Crippen MR) is 74.7 cm³/mol. The third kappa shape index (κ3) is 3.50. The van der Waals surface area contributed by atoms with Crippen molar-refractivity contribution in [3.05, 3.63) is 17.3 Å². The molecule has 2 rings (SSSR count). The molecule has 0 radical (unpaired) electrons. The van der Waals surface area contributed by atoms with Crippen molar-refractivity contribution in [3.8, 4) is 0 Å². The maximum absolute atomic E-state index is 10.5. The highest BCUT2D eigenvalue weighted by Gasteiger charge is 2.32. The van der Waals surface area contributed by atoms with Crippen LogP contribution >= 0.6 is 11.6 Å². The topological polar surface area (TPSA) is 71.2 Å². The number of rotatable bonds is 3. The Labute approximate surface area is 113 Å². The van der Waals surface area contributed by atoms with Crippen LogP contribution in [0.15, 0.2) is 12.1 Å². The number of nitrogens with one attached hydrogen (secondary N) is 1. The van der Waals surface area contributed by atoms with Crippen molar-refractivity contribution in [2.24, 2.45) is 5.92 Å². The van der Waals surface area contributed by atoms with Gasteiger partial charge in [0.1, 0.15) is 11.0 Å². The van der Waals surface area contributed by atoms with E-state index in [1.54, 1.807) is 12.1 Å². The van der Waals surface area contributed by atoms with Gasteiger partial charge in [-0.25, -0.2) is 4.98 Å². The number of nitrogens with two attached hydrogens (primary N) is 1. The maximum atomic E-state index is 10.5. The van der Waals surface area contributed by atoms with Gasteiger partial charge < -0.3 is 16.2 Å². The quantitative estimate of drug-likeness (QED) is 0.738. The van der Waals surface area contributed by atoms with E-state index in [2.05, 4.69) is 17.2 Å². The molecule has 0 spiro atoms. The first-order valence-electron chi connectivity index (χ1n) is 6.36. The second kappa shape index (κ2) is 5.33. The van der Waals surface area contributed by atoms with Crippen LogP contribution in [0, 0.1) is 5.92 Å². The fourth-order valence-electron chi connectivity index (χ4n) is 2.66. The molecular formula is C13H20ClN3O. The zero-order valence-corrected chi connectivity index (χ0v) is 11.4. The molecule has 1 aromatic heterocycles. The van der Waals surface area contributed by atoms with Crippen molar-refractivity contribution in [3.63, 3.8) is 0 Å². The summed E-state index contributed by atoms with van der Waals surface area (Å²) in [5.41, 5.74) is 5.62. The van der Waals surface area contributed by atoms with E-state index in [0.717, 1.165) is 19.3 Å². The van der Waals surface area contributed by atoms with E-state index in [1.807, 2.05) is 0 Å². The lowest BCUT2D eigenvalue weighted by atomic mass is 9.79. The maximum Gasteiger partial charge on any atom is 0.133 e. The molecule has 100 valence electrons. The number of aromatic nitrogens is 1. The SMILES string of the molecule is CC1CCCC(O)(CNc2cc(N)cc(Cl)n2)C1. The molecule has 1 heterocycles. The molecule has 2 atom stereocenters. The third-order valence-electron chi connectivity index (χ3n) is 3.48. The van der Waals surface area contributed by atoms with Crippen LogP contribution in [0.5, 0.6) is 0 Å². The zero-order chi connectivity index (χ0) is 13.2. The van der Waals surface area contributed by atoms with Crippen molar-refractivity contribution in [2.75, 3.05) is 17.6 Å². The van der Waals surface area contributed by atoms with Gasteiger partial charge in [-0.3, -0.25) is 0 Å². The summed E-state index contributed by atoms with van der Waals surface area (Å²) in [6.07, 6.45) is 3.94. The fourth-order valence-corrected chi connectivity index (χ4v) is 2.87. The summed E-state index contributed by atoms with van der Waals surface area (Å²) in [5.74, 6) is 1.19. The third-order valence-corrected chi connectivity index (χ3v) is 3.68. The summed E-state index contributed by atoms with van der Waals surface area (Å²) in [6.45, 7) is 2.67. The molecule has 4 nitrogen and oxygen atoms in total. The van der Waals surface area contributed by atoms with E-state index in [4.69, 9.17) is 17.3 Å². The Morgan fingerprint density at radius 1 is 1.61 bits per heavy atom. The van der Waals surface area contributed by atoms with Crippen LogP contribution in [0.2, 0.25) is 5.15 Å². The Morgan fingerprint density at radius 2 is 2.39 bits per heavy atom. The van der Waals surface area contributed by atoms with Gasteiger partial charge in [0.15, 0.2) is 0 Å². The predicted octanol–water partition coefficient (Wildman–Crippen LogP) is 2.67. The minimum absolute atomic E-state index is 0.363. The Balaban J connectivity index is 1.98. The van der Waals surface area contributed by atoms with E-state index in [9.17, 15) is 5.11 Å². The lowest BCUT2D eigenvalue weighted by Crippen LogP contribution is -2.41. The number of aliphatic hydroxyl groups is 1. The van der Waals surface area contributed by atoms with E-state index in [-0.39, 0.29) is 0 Å². The zero-order valence-electron chi connectivity index (χ0n) is 10.6. The molecule has 1 aliphatic carbocycles. The van der Waals surface area contributed by atoms with Gasteiger partial charge >= 0.3 is 0 Å². The fraction of sp³-hybridized carbons (Fsp3) is 0.615. The Bertz CT molecular complexity index is 406. The average molecular weight is 270 g/mol. The molecule has 1 fully saturated rings. The van der Waals surface area contributed by atoms with Crippen LogP contribution in [0.4, 0.5) is 11.5 Å². The van der Waals surface area contributed by atoms with Gasteiger partial charge in [0.25, 0.3) is 0 Å². The van der Waals surface area contributed by atoms with Crippen LogP contribution < -0.4 is 11.1 Å². The van der Waals surface area contributed by atoms with Gasteiger partial charge in [0.05, 0.1) is 5.60 Å². The first-order chi connectivity index (χ1) is 8.47. The number of nitrogen functional groups attached to an aromatic ring is 1. The van der Waals surface area contributed by atoms with Crippen molar-refractivity contribution in [1.82, 2.24) is 4.98 Å². The summed E-state index contributed by atoms with van der Waals surface area (Å²) in [6, 6.07) is 3.33. The number of pyridine rings is 1. The summed E-state index contributed by atoms with van der Waals surface area (Å²) < 4.78 is 0. The first kappa shape index (κ1) is 13.4. The number of halogens is 1. The smallest absolute Gasteiger partial charge is 0.133 e. The van der Waals surface area contributed by atoms with E-state index in [1.165, 1.54) is 6.42 Å². The second-order valence-electron chi connectivity index (χ2n) is 5.39. The lowest BCUT2D eigenvalue weighted by molar-refractivity contribution is -0.000825. The number of hydrogen-bond acceptors (Lipinski definition) is 4. The largest absolute Gasteiger partial charge is 0.399 e. The molecule has 5 heteroatoms. The van der Waals surface area contributed by atoms with Crippen LogP contribution in [0.3, 0.4) is 0 Å². The average Bonchev–Trinajstić information content (AvgIpc) is 2.25. The molecule has 0 aliphatic heterocycles. The monoisotopic (exact) mass is 269 g/mol. The highest BCUT2D eigenvalue weighted by Crippen LogP contribution is 2.32. The van der Waals surface area contributed by atoms with Gasteiger partial charge in [-0.1, -0.05) is 31.4 Å². The van der Waals surface area contributed by atoms with Gasteiger partial charge in [0, 0.05) is 18.3 Å². The molecule has 2 unspecified atom stereocenters. The van der Waals surface area contributed by atoms with Crippen molar-refractivity contribution >= 4 is 23.1 Å². The molecular weight excluding hydrogens is 250 g/mol. The van der Waals surface area contributed by atoms with Gasteiger partial charge in [-0.15, -0.1) is 0 Å². The number of nitrogens with zero attached hydrogens (tertiary/aromatic N) is 1. The summed E-state index contributed by atoms with van der Waals surface area (Å²) in [5, 5.41) is 14.0. The highest BCUT2D eigenvalue weighted by molar-refractivity contribution is 6.29. The second-order valence-corrected chi connectivity index (χ2v) is 5.78. The minimum Gasteiger partial charge on any atom is -0.399 e. The number of hydrogen-bond donors (Lipinski definition) is 3. The van der Waals surface area contributed by atoms with Crippen LogP contribution in [0.1, 0.15) is 32.6 Å². The first-order valence-corrected chi connectivity index (χ1v) is 6.74. The molecule has 4 N–H and O–H groups in total. The summed E-state index contributed by atoms with van der Waals surface area (Å²) in [7, 11) is 0. The van der Waals surface area contributed by atoms with Gasteiger partial charge in [0.2, 0.25) is 0 Å². The molecule has 18 heavy (non-hydrogen) atoms. The van der Waals surface area contributed by atoms with Crippen molar-refractivity contribution in [1.29, 1.82) is 0 Å². The molecule has 1 aromatic rings. The summed E-state index contributed by atoms with van der Waals surface area (Å²) >= 11 is 5.84. The van der Waals surface area contributed by atoms with Crippen LogP contribution in [0.25, 0.3) is 0 Å². The molecule has 0 amide bonds. The van der Waals surface area contributed by atoms with Gasteiger partial charge in [-0.05, 0) is 24.8 Å².